The maximum absolute atomic E-state index is 6.93. The second-order valence-electron chi connectivity index (χ2n) is 2.58. The van der Waals surface area contributed by atoms with Gasteiger partial charge < -0.3 is 5.41 Å². The zero-order chi connectivity index (χ0) is 6.78. The first kappa shape index (κ1) is 7.96. The van der Waals surface area contributed by atoms with E-state index in [4.69, 9.17) is 17.0 Å². The maximum atomic E-state index is 6.93. The van der Waals surface area contributed by atoms with Crippen LogP contribution in [0.3, 0.4) is 0 Å². The summed E-state index contributed by atoms with van der Waals surface area (Å²) >= 11 is 5.72. The Balaban J connectivity index is 3.90. The summed E-state index contributed by atoms with van der Waals surface area (Å²) in [6.07, 6.45) is 1.38. The quantitative estimate of drug-likeness (QED) is 0.442. The van der Waals surface area contributed by atoms with Crippen LogP contribution in [0.25, 0.3) is 0 Å². The molecule has 0 amide bonds. The van der Waals surface area contributed by atoms with Gasteiger partial charge in [0, 0.05) is 17.0 Å². The van der Waals surface area contributed by atoms with Crippen LogP contribution < -0.4 is 0 Å². The van der Waals surface area contributed by atoms with Gasteiger partial charge in [0.2, 0.25) is 0 Å². The van der Waals surface area contributed by atoms with Crippen molar-refractivity contribution in [1.82, 2.24) is 0 Å². The second-order valence-corrected chi connectivity index (χ2v) is 3.24. The molecule has 0 rings (SSSR count). The number of hydrogen-bond acceptors (Lipinski definition) is 1. The molecule has 1 atom stereocenters. The summed E-state index contributed by atoms with van der Waals surface area (Å²) in [5, 5.41) is 6.97. The summed E-state index contributed by atoms with van der Waals surface area (Å²) in [7, 11) is 0. The Hall–Kier alpha value is -0.0400. The van der Waals surface area contributed by atoms with E-state index in [1.54, 1.807) is 0 Å². The molecule has 48 valence electrons. The highest BCUT2D eigenvalue weighted by Gasteiger charge is 2.20. The first-order valence-corrected chi connectivity index (χ1v) is 3.10. The van der Waals surface area contributed by atoms with E-state index >= 15 is 0 Å². The molecule has 0 saturated heterocycles. The molecular formula is C6H12ClN. The largest absolute Gasteiger partial charge is 0.312 e. The molecule has 0 aromatic rings. The Morgan fingerprint density at radius 2 is 2.00 bits per heavy atom. The van der Waals surface area contributed by atoms with E-state index in [1.807, 2.05) is 20.8 Å². The monoisotopic (exact) mass is 133 g/mol. The van der Waals surface area contributed by atoms with Crippen LogP contribution in [-0.2, 0) is 0 Å². The Kier molecular flexibility index (Phi) is 2.48. The smallest absolute Gasteiger partial charge is 0.0408 e. The molecule has 8 heavy (non-hydrogen) atoms. The molecule has 0 saturated carbocycles. The van der Waals surface area contributed by atoms with Crippen molar-refractivity contribution < 1.29 is 0 Å². The lowest BCUT2D eigenvalue weighted by Gasteiger charge is -2.20. The number of halogens is 1. The molecule has 0 aliphatic heterocycles. The fourth-order valence-corrected chi connectivity index (χ4v) is 0.178. The lowest BCUT2D eigenvalue weighted by Crippen LogP contribution is -2.22. The van der Waals surface area contributed by atoms with Crippen molar-refractivity contribution in [2.24, 2.45) is 5.41 Å². The molecule has 0 fully saturated rings. The van der Waals surface area contributed by atoms with Gasteiger partial charge in [0.1, 0.15) is 0 Å². The van der Waals surface area contributed by atoms with Gasteiger partial charge in [-0.25, -0.2) is 0 Å². The first-order valence-electron chi connectivity index (χ1n) is 2.66. The van der Waals surface area contributed by atoms with E-state index in [9.17, 15) is 0 Å². The predicted molar refractivity (Wildman–Crippen MR) is 37.9 cm³/mol. The molecular weight excluding hydrogens is 122 g/mol. The normalized spacial score (nSPS) is 15.5. The van der Waals surface area contributed by atoms with Crippen molar-refractivity contribution in [3.8, 4) is 0 Å². The van der Waals surface area contributed by atoms with Gasteiger partial charge in [0.15, 0.2) is 0 Å². The van der Waals surface area contributed by atoms with Crippen LogP contribution in [0.2, 0.25) is 0 Å². The minimum Gasteiger partial charge on any atom is -0.312 e. The highest BCUT2D eigenvalue weighted by atomic mass is 35.5. The van der Waals surface area contributed by atoms with Crippen molar-refractivity contribution in [3.05, 3.63) is 0 Å². The van der Waals surface area contributed by atoms with Crippen molar-refractivity contribution in [1.29, 1.82) is 5.41 Å². The first-order chi connectivity index (χ1) is 3.50. The average Bonchev–Trinajstić information content (AvgIpc) is 1.67. The fraction of sp³-hybridized carbons (Fsp3) is 0.833. The standard InChI is InChI=1S/C6H12ClN/c1-5(7)6(2,3)4-8/h4-5,8H,1-3H3. The van der Waals surface area contributed by atoms with Gasteiger partial charge in [-0.3, -0.25) is 0 Å². The molecule has 0 aliphatic carbocycles. The van der Waals surface area contributed by atoms with E-state index in [-0.39, 0.29) is 10.8 Å². The van der Waals surface area contributed by atoms with Crippen molar-refractivity contribution in [3.63, 3.8) is 0 Å². The molecule has 0 aromatic heterocycles. The van der Waals surface area contributed by atoms with Gasteiger partial charge >= 0.3 is 0 Å². The molecule has 0 aromatic carbocycles. The molecule has 0 radical (unpaired) electrons. The van der Waals surface area contributed by atoms with E-state index in [2.05, 4.69) is 0 Å². The zero-order valence-electron chi connectivity index (χ0n) is 5.53. The lowest BCUT2D eigenvalue weighted by atomic mass is 9.92. The second kappa shape index (κ2) is 2.49. The van der Waals surface area contributed by atoms with E-state index in [1.165, 1.54) is 6.21 Å². The van der Waals surface area contributed by atoms with Crippen molar-refractivity contribution in [2.45, 2.75) is 26.1 Å². The van der Waals surface area contributed by atoms with E-state index in [0.717, 1.165) is 0 Å². The highest BCUT2D eigenvalue weighted by Crippen LogP contribution is 2.21. The zero-order valence-corrected chi connectivity index (χ0v) is 6.29. The average molecular weight is 134 g/mol. The number of nitrogens with one attached hydrogen (secondary N) is 1. The SMILES string of the molecule is CC(Cl)C(C)(C)C=N. The molecule has 0 bridgehead atoms. The lowest BCUT2D eigenvalue weighted by molar-refractivity contribution is 0.522. The summed E-state index contributed by atoms with van der Waals surface area (Å²) in [4.78, 5) is 0. The van der Waals surface area contributed by atoms with Crippen LogP contribution >= 0.6 is 11.6 Å². The van der Waals surface area contributed by atoms with Gasteiger partial charge in [-0.1, -0.05) is 13.8 Å². The van der Waals surface area contributed by atoms with Crippen LogP contribution in [0.1, 0.15) is 20.8 Å². The van der Waals surface area contributed by atoms with E-state index < -0.39 is 0 Å². The van der Waals surface area contributed by atoms with Crippen LogP contribution in [0.15, 0.2) is 0 Å². The summed E-state index contributed by atoms with van der Waals surface area (Å²) in [5.74, 6) is 0. The molecule has 0 aliphatic rings. The van der Waals surface area contributed by atoms with Crippen LogP contribution in [0.5, 0.6) is 0 Å². The molecule has 1 unspecified atom stereocenters. The minimum atomic E-state index is -0.151. The van der Waals surface area contributed by atoms with Gasteiger partial charge in [-0.15, -0.1) is 11.6 Å². The van der Waals surface area contributed by atoms with Crippen molar-refractivity contribution in [2.75, 3.05) is 0 Å². The topological polar surface area (TPSA) is 23.9 Å². The fourth-order valence-electron chi connectivity index (χ4n) is 0.115. The Bertz CT molecular complexity index is 86.5. The Labute approximate surface area is 55.6 Å². The van der Waals surface area contributed by atoms with E-state index in [0.29, 0.717) is 0 Å². The molecule has 0 heterocycles. The number of hydrogen-bond donors (Lipinski definition) is 1. The van der Waals surface area contributed by atoms with Crippen LogP contribution in [0, 0.1) is 10.8 Å². The van der Waals surface area contributed by atoms with Crippen molar-refractivity contribution >= 4 is 17.8 Å². The predicted octanol–water partition coefficient (Wildman–Crippen LogP) is 2.29. The maximum Gasteiger partial charge on any atom is 0.0408 e. The van der Waals surface area contributed by atoms with Crippen LogP contribution in [0.4, 0.5) is 0 Å². The Morgan fingerprint density at radius 1 is 1.62 bits per heavy atom. The highest BCUT2D eigenvalue weighted by molar-refractivity contribution is 6.21. The molecule has 0 spiro atoms. The summed E-state index contributed by atoms with van der Waals surface area (Å²) < 4.78 is 0. The van der Waals surface area contributed by atoms with Gasteiger partial charge in [0.25, 0.3) is 0 Å². The molecule has 1 nitrogen and oxygen atoms in total. The third kappa shape index (κ3) is 1.83. The summed E-state index contributed by atoms with van der Waals surface area (Å²) in [5.41, 5.74) is -0.151. The van der Waals surface area contributed by atoms with Crippen LogP contribution in [-0.4, -0.2) is 11.6 Å². The summed E-state index contributed by atoms with van der Waals surface area (Å²) in [6, 6.07) is 0. The Morgan fingerprint density at radius 3 is 2.00 bits per heavy atom. The minimum absolute atomic E-state index is 0.0417. The third-order valence-corrected chi connectivity index (χ3v) is 1.96. The third-order valence-electron chi connectivity index (χ3n) is 1.40. The van der Waals surface area contributed by atoms with Gasteiger partial charge in [0.05, 0.1) is 0 Å². The molecule has 1 N–H and O–H groups in total. The number of alkyl halides is 1. The van der Waals surface area contributed by atoms with Gasteiger partial charge in [-0.2, -0.15) is 0 Å². The summed E-state index contributed by atoms with van der Waals surface area (Å²) in [6.45, 7) is 5.78. The molecule has 2 heteroatoms. The number of rotatable bonds is 2. The van der Waals surface area contributed by atoms with Gasteiger partial charge in [-0.05, 0) is 6.92 Å².